The van der Waals surface area contributed by atoms with E-state index in [-0.39, 0.29) is 5.69 Å². The van der Waals surface area contributed by atoms with E-state index < -0.39 is 5.97 Å². The van der Waals surface area contributed by atoms with Crippen LogP contribution in [-0.2, 0) is 11.3 Å². The molecule has 1 aromatic carbocycles. The zero-order valence-electron chi connectivity index (χ0n) is 9.76. The highest BCUT2D eigenvalue weighted by Gasteiger charge is 2.12. The first-order valence-electron chi connectivity index (χ1n) is 5.31. The summed E-state index contributed by atoms with van der Waals surface area (Å²) in [5.74, 6) is -0.932. The second-order valence-electron chi connectivity index (χ2n) is 3.82. The molecule has 0 aliphatic heterocycles. The van der Waals surface area contributed by atoms with Crippen LogP contribution in [0.4, 0.5) is 0 Å². The number of ether oxygens (including phenoxy) is 1. The van der Waals surface area contributed by atoms with E-state index in [1.165, 1.54) is 0 Å². The summed E-state index contributed by atoms with van der Waals surface area (Å²) in [5.41, 5.74) is 2.15. The van der Waals surface area contributed by atoms with Gasteiger partial charge < -0.3 is 14.4 Å². The number of hydrogen-bond donors (Lipinski definition) is 1. The van der Waals surface area contributed by atoms with Crippen molar-refractivity contribution in [2.75, 3.05) is 7.11 Å². The summed E-state index contributed by atoms with van der Waals surface area (Å²) in [6.07, 6.45) is 1.80. The normalized spacial score (nSPS) is 10.6. The van der Waals surface area contributed by atoms with Gasteiger partial charge in [-0.3, -0.25) is 0 Å². The molecule has 4 nitrogen and oxygen atoms in total. The lowest BCUT2D eigenvalue weighted by Crippen LogP contribution is -2.05. The van der Waals surface area contributed by atoms with Crippen molar-refractivity contribution < 1.29 is 14.6 Å². The van der Waals surface area contributed by atoms with Crippen LogP contribution in [0.3, 0.4) is 0 Å². The molecule has 0 unspecified atom stereocenters. The van der Waals surface area contributed by atoms with E-state index in [1.54, 1.807) is 23.9 Å². The Morgan fingerprint density at radius 3 is 2.61 bits per heavy atom. The lowest BCUT2D eigenvalue weighted by molar-refractivity contribution is 0.0688. The van der Waals surface area contributed by atoms with Gasteiger partial charge in [-0.05, 0) is 46.4 Å². The van der Waals surface area contributed by atoms with E-state index in [9.17, 15) is 4.79 Å². The summed E-state index contributed by atoms with van der Waals surface area (Å²) in [5, 5.41) is 9.13. The van der Waals surface area contributed by atoms with Crippen molar-refractivity contribution in [1.82, 2.24) is 4.57 Å². The number of benzene rings is 1. The Morgan fingerprint density at radius 1 is 1.39 bits per heavy atom. The molecule has 0 saturated carbocycles. The highest BCUT2D eigenvalue weighted by Crippen LogP contribution is 2.18. The van der Waals surface area contributed by atoms with Gasteiger partial charge in [0, 0.05) is 22.6 Å². The highest BCUT2D eigenvalue weighted by atomic mass is 127. The molecule has 0 radical (unpaired) electrons. The fourth-order valence-electron chi connectivity index (χ4n) is 1.73. The molecule has 5 heteroatoms. The minimum atomic E-state index is -0.932. The summed E-state index contributed by atoms with van der Waals surface area (Å²) in [7, 11) is 1.64. The second kappa shape index (κ2) is 5.53. The summed E-state index contributed by atoms with van der Waals surface area (Å²) in [6.45, 7) is 0.551. The van der Waals surface area contributed by atoms with Crippen LogP contribution in [0.5, 0.6) is 0 Å². The third-order valence-electron chi connectivity index (χ3n) is 2.53. The van der Waals surface area contributed by atoms with Gasteiger partial charge in [-0.25, -0.2) is 4.79 Å². The number of aromatic nitrogens is 1. The minimum absolute atomic E-state index is 0.263. The first kappa shape index (κ1) is 13.1. The van der Waals surface area contributed by atoms with E-state index in [1.807, 2.05) is 24.3 Å². The van der Waals surface area contributed by atoms with Crippen molar-refractivity contribution >= 4 is 28.6 Å². The molecule has 0 bridgehead atoms. The topological polar surface area (TPSA) is 51.5 Å². The Morgan fingerprint density at radius 2 is 2.06 bits per heavy atom. The Bertz CT molecular complexity index is 560. The van der Waals surface area contributed by atoms with Gasteiger partial charge in [0.1, 0.15) is 5.69 Å². The average Bonchev–Trinajstić information content (AvgIpc) is 2.73. The molecule has 0 aliphatic carbocycles. The van der Waals surface area contributed by atoms with Gasteiger partial charge in [-0.1, -0.05) is 12.1 Å². The van der Waals surface area contributed by atoms with Crippen LogP contribution >= 0.6 is 22.6 Å². The van der Waals surface area contributed by atoms with Crippen LogP contribution in [0.2, 0.25) is 0 Å². The standard InChI is InChI=1S/C13H12INO3/c1-18-8-9-2-4-11(5-3-9)15-7-10(14)6-12(15)13(16)17/h2-7H,8H2,1H3,(H,16,17). The molecule has 0 saturated heterocycles. The molecule has 0 aliphatic rings. The smallest absolute Gasteiger partial charge is 0.352 e. The maximum Gasteiger partial charge on any atom is 0.352 e. The molecule has 94 valence electrons. The maximum absolute atomic E-state index is 11.1. The van der Waals surface area contributed by atoms with Crippen molar-refractivity contribution in [3.05, 3.63) is 51.4 Å². The largest absolute Gasteiger partial charge is 0.477 e. The van der Waals surface area contributed by atoms with E-state index in [0.29, 0.717) is 6.61 Å². The first-order chi connectivity index (χ1) is 8.61. The molecule has 2 rings (SSSR count). The lowest BCUT2D eigenvalue weighted by atomic mass is 10.2. The van der Waals surface area contributed by atoms with Crippen molar-refractivity contribution in [1.29, 1.82) is 0 Å². The Balaban J connectivity index is 2.39. The number of nitrogens with zero attached hydrogens (tertiary/aromatic N) is 1. The monoisotopic (exact) mass is 357 g/mol. The van der Waals surface area contributed by atoms with Crippen LogP contribution in [-0.4, -0.2) is 22.8 Å². The summed E-state index contributed by atoms with van der Waals surface area (Å²) in [6, 6.07) is 9.27. The predicted molar refractivity (Wildman–Crippen MR) is 76.2 cm³/mol. The Hall–Kier alpha value is -1.34. The third-order valence-corrected chi connectivity index (χ3v) is 3.12. The molecule has 0 fully saturated rings. The van der Waals surface area contributed by atoms with E-state index >= 15 is 0 Å². The van der Waals surface area contributed by atoms with Gasteiger partial charge in [0.15, 0.2) is 0 Å². The van der Waals surface area contributed by atoms with Gasteiger partial charge in [0.05, 0.1) is 6.61 Å². The zero-order chi connectivity index (χ0) is 13.1. The van der Waals surface area contributed by atoms with Crippen LogP contribution in [0, 0.1) is 3.57 Å². The van der Waals surface area contributed by atoms with Crippen molar-refractivity contribution in [3.8, 4) is 5.69 Å². The molecule has 1 N–H and O–H groups in total. The maximum atomic E-state index is 11.1. The number of aromatic carboxylic acids is 1. The summed E-state index contributed by atoms with van der Waals surface area (Å²) in [4.78, 5) is 11.1. The highest BCUT2D eigenvalue weighted by molar-refractivity contribution is 14.1. The Labute approximate surface area is 118 Å². The van der Waals surface area contributed by atoms with Gasteiger partial charge in [0.25, 0.3) is 0 Å². The zero-order valence-corrected chi connectivity index (χ0v) is 11.9. The fraction of sp³-hybridized carbons (Fsp3) is 0.154. The van der Waals surface area contributed by atoms with E-state index in [4.69, 9.17) is 9.84 Å². The van der Waals surface area contributed by atoms with Crippen LogP contribution in [0.25, 0.3) is 5.69 Å². The van der Waals surface area contributed by atoms with Crippen molar-refractivity contribution in [2.45, 2.75) is 6.61 Å². The van der Waals surface area contributed by atoms with Gasteiger partial charge >= 0.3 is 5.97 Å². The van der Waals surface area contributed by atoms with Crippen molar-refractivity contribution in [3.63, 3.8) is 0 Å². The minimum Gasteiger partial charge on any atom is -0.477 e. The molecular formula is C13H12INO3. The number of methoxy groups -OCH3 is 1. The number of rotatable bonds is 4. The van der Waals surface area contributed by atoms with Gasteiger partial charge in [0.2, 0.25) is 0 Å². The number of hydrogen-bond acceptors (Lipinski definition) is 2. The van der Waals surface area contributed by atoms with Crippen molar-refractivity contribution in [2.24, 2.45) is 0 Å². The first-order valence-corrected chi connectivity index (χ1v) is 6.39. The fourth-order valence-corrected chi connectivity index (χ4v) is 2.30. The van der Waals surface area contributed by atoms with Gasteiger partial charge in [-0.15, -0.1) is 0 Å². The number of carboxylic acids is 1. The summed E-state index contributed by atoms with van der Waals surface area (Å²) < 4.78 is 7.60. The van der Waals surface area contributed by atoms with Crippen LogP contribution in [0.15, 0.2) is 36.5 Å². The molecule has 1 aromatic heterocycles. The molecule has 18 heavy (non-hydrogen) atoms. The average molecular weight is 357 g/mol. The Kier molecular flexibility index (Phi) is 4.03. The van der Waals surface area contributed by atoms with Gasteiger partial charge in [-0.2, -0.15) is 0 Å². The lowest BCUT2D eigenvalue weighted by Gasteiger charge is -2.07. The van der Waals surface area contributed by atoms with E-state index in [2.05, 4.69) is 22.6 Å². The number of carboxylic acid groups (broad SMARTS) is 1. The van der Waals surface area contributed by atoms with Crippen LogP contribution < -0.4 is 0 Å². The SMILES string of the molecule is COCc1ccc(-n2cc(I)cc2C(=O)O)cc1. The molecule has 2 aromatic rings. The number of carbonyl (C=O) groups is 1. The number of halogens is 1. The molecule has 0 amide bonds. The third kappa shape index (κ3) is 2.73. The molecule has 1 heterocycles. The molecular weight excluding hydrogens is 345 g/mol. The molecule has 0 spiro atoms. The summed E-state index contributed by atoms with van der Waals surface area (Å²) >= 11 is 2.10. The second-order valence-corrected chi connectivity index (χ2v) is 5.06. The molecule has 0 atom stereocenters. The van der Waals surface area contributed by atoms with Crippen LogP contribution in [0.1, 0.15) is 16.1 Å². The van der Waals surface area contributed by atoms with E-state index in [0.717, 1.165) is 14.8 Å². The quantitative estimate of drug-likeness (QED) is 0.857. The predicted octanol–water partition coefficient (Wildman–Crippen LogP) is 2.93.